The first-order valence-corrected chi connectivity index (χ1v) is 6.83. The Labute approximate surface area is 113 Å². The highest BCUT2D eigenvalue weighted by atomic mass is 16.5. The van der Waals surface area contributed by atoms with Gasteiger partial charge in [0.15, 0.2) is 0 Å². The average molecular weight is 261 g/mol. The molecule has 102 valence electrons. The molecule has 0 spiro atoms. The third-order valence-corrected chi connectivity index (χ3v) is 4.16. The first kappa shape index (κ1) is 12.5. The minimum absolute atomic E-state index is 0.0824. The third kappa shape index (κ3) is 2.21. The van der Waals surface area contributed by atoms with Gasteiger partial charge in [-0.05, 0) is 49.4 Å². The molecule has 1 aromatic rings. The molecule has 19 heavy (non-hydrogen) atoms. The van der Waals surface area contributed by atoms with E-state index in [9.17, 15) is 9.90 Å². The predicted octanol–water partition coefficient (Wildman–Crippen LogP) is 1.85. The first-order chi connectivity index (χ1) is 9.08. The number of nitrogens with zero attached hydrogens (tertiary/aromatic N) is 1. The Morgan fingerprint density at radius 1 is 1.42 bits per heavy atom. The Hall–Kier alpha value is -1.55. The molecule has 1 unspecified atom stereocenters. The monoisotopic (exact) mass is 261 g/mol. The fourth-order valence-corrected chi connectivity index (χ4v) is 3.00. The number of rotatable bonds is 1. The van der Waals surface area contributed by atoms with E-state index in [0.717, 1.165) is 31.4 Å². The molecule has 0 aliphatic carbocycles. The van der Waals surface area contributed by atoms with E-state index in [1.807, 2.05) is 17.9 Å². The number of aromatic hydroxyl groups is 1. The zero-order chi connectivity index (χ0) is 13.5. The van der Waals surface area contributed by atoms with E-state index in [4.69, 9.17) is 4.74 Å². The number of hydrogen-bond acceptors (Lipinski definition) is 3. The second-order valence-electron chi connectivity index (χ2n) is 5.61. The zero-order valence-corrected chi connectivity index (χ0v) is 11.2. The summed E-state index contributed by atoms with van der Waals surface area (Å²) in [6.45, 7) is 3.87. The molecule has 0 aromatic heterocycles. The molecule has 2 aliphatic heterocycles. The summed E-state index contributed by atoms with van der Waals surface area (Å²) in [5.74, 6) is 0.343. The number of carbonyl (C=O) groups excluding carboxylic acids is 1. The van der Waals surface area contributed by atoms with Gasteiger partial charge < -0.3 is 14.7 Å². The molecular formula is C15H19NO3. The molecule has 1 N–H and O–H groups in total. The molecule has 4 heteroatoms. The van der Waals surface area contributed by atoms with Gasteiger partial charge in [0.1, 0.15) is 11.4 Å². The molecule has 1 fully saturated rings. The van der Waals surface area contributed by atoms with Crippen LogP contribution in [0.4, 0.5) is 0 Å². The second kappa shape index (κ2) is 4.53. The van der Waals surface area contributed by atoms with E-state index in [1.165, 1.54) is 5.56 Å². The minimum atomic E-state index is -0.645. The lowest BCUT2D eigenvalue weighted by atomic mass is 9.96. The smallest absolute Gasteiger partial charge is 0.254 e. The van der Waals surface area contributed by atoms with Crippen molar-refractivity contribution in [2.45, 2.75) is 38.3 Å². The summed E-state index contributed by atoms with van der Waals surface area (Å²) in [5, 5.41) is 9.55. The minimum Gasteiger partial charge on any atom is -0.508 e. The molecule has 2 aliphatic rings. The van der Waals surface area contributed by atoms with Gasteiger partial charge in [-0.2, -0.15) is 0 Å². The molecule has 0 bridgehead atoms. The highest BCUT2D eigenvalue weighted by molar-refractivity contribution is 5.85. The van der Waals surface area contributed by atoms with Crippen LogP contribution < -0.4 is 0 Å². The van der Waals surface area contributed by atoms with Gasteiger partial charge in [0, 0.05) is 19.7 Å². The van der Waals surface area contributed by atoms with Crippen molar-refractivity contribution in [1.29, 1.82) is 0 Å². The first-order valence-electron chi connectivity index (χ1n) is 6.83. The van der Waals surface area contributed by atoms with Crippen LogP contribution in [0, 0.1) is 0 Å². The summed E-state index contributed by atoms with van der Waals surface area (Å²) in [6.07, 6.45) is 2.60. The molecule has 2 heterocycles. The SMILES string of the molecule is CC1(C(=O)N2CCc3ccc(O)cc3C2)CCCO1. The van der Waals surface area contributed by atoms with Crippen LogP contribution in [0.15, 0.2) is 18.2 Å². The summed E-state index contributed by atoms with van der Waals surface area (Å²) >= 11 is 0. The Morgan fingerprint density at radius 3 is 3.00 bits per heavy atom. The molecule has 3 rings (SSSR count). The fourth-order valence-electron chi connectivity index (χ4n) is 3.00. The normalized spacial score (nSPS) is 26.3. The standard InChI is InChI=1S/C15H19NO3/c1-15(6-2-8-19-15)14(18)16-7-5-11-3-4-13(17)9-12(11)10-16/h3-4,9,17H,2,5-8,10H2,1H3. The maximum absolute atomic E-state index is 12.6. The molecular weight excluding hydrogens is 242 g/mol. The molecule has 0 radical (unpaired) electrons. The van der Waals surface area contributed by atoms with Gasteiger partial charge in [-0.15, -0.1) is 0 Å². The van der Waals surface area contributed by atoms with Crippen molar-refractivity contribution in [2.24, 2.45) is 0 Å². The van der Waals surface area contributed by atoms with Crippen LogP contribution in [0.1, 0.15) is 30.9 Å². The highest BCUT2D eigenvalue weighted by Gasteiger charge is 2.41. The number of amides is 1. The summed E-state index contributed by atoms with van der Waals surface area (Å²) in [7, 11) is 0. The van der Waals surface area contributed by atoms with Crippen molar-refractivity contribution in [2.75, 3.05) is 13.2 Å². The van der Waals surface area contributed by atoms with Crippen LogP contribution in [-0.4, -0.2) is 34.7 Å². The predicted molar refractivity (Wildman–Crippen MR) is 70.8 cm³/mol. The zero-order valence-electron chi connectivity index (χ0n) is 11.2. The molecule has 1 atom stereocenters. The lowest BCUT2D eigenvalue weighted by Gasteiger charge is -2.34. The van der Waals surface area contributed by atoms with Crippen LogP contribution >= 0.6 is 0 Å². The van der Waals surface area contributed by atoms with Gasteiger partial charge in [0.25, 0.3) is 5.91 Å². The van der Waals surface area contributed by atoms with Crippen molar-refractivity contribution < 1.29 is 14.6 Å². The maximum atomic E-state index is 12.6. The maximum Gasteiger partial charge on any atom is 0.254 e. The number of hydrogen-bond donors (Lipinski definition) is 1. The van der Waals surface area contributed by atoms with E-state index < -0.39 is 5.60 Å². The Morgan fingerprint density at radius 2 is 2.26 bits per heavy atom. The summed E-state index contributed by atoms with van der Waals surface area (Å²) in [6, 6.07) is 5.41. The van der Waals surface area contributed by atoms with Crippen LogP contribution in [0.5, 0.6) is 5.75 Å². The quantitative estimate of drug-likeness (QED) is 0.839. The molecule has 1 amide bonds. The lowest BCUT2D eigenvalue weighted by molar-refractivity contribution is -0.152. The summed E-state index contributed by atoms with van der Waals surface area (Å²) in [5.41, 5.74) is 1.62. The van der Waals surface area contributed by atoms with E-state index in [1.54, 1.807) is 12.1 Å². The van der Waals surface area contributed by atoms with Gasteiger partial charge in [-0.25, -0.2) is 0 Å². The van der Waals surface area contributed by atoms with Gasteiger partial charge >= 0.3 is 0 Å². The van der Waals surface area contributed by atoms with Gasteiger partial charge in [0.05, 0.1) is 0 Å². The number of fused-ring (bicyclic) bond motifs is 1. The Balaban J connectivity index is 1.80. The molecule has 0 saturated carbocycles. The lowest BCUT2D eigenvalue weighted by Crippen LogP contribution is -2.48. The van der Waals surface area contributed by atoms with E-state index in [-0.39, 0.29) is 11.7 Å². The fraction of sp³-hybridized carbons (Fsp3) is 0.533. The number of benzene rings is 1. The van der Waals surface area contributed by atoms with E-state index in [0.29, 0.717) is 13.2 Å². The van der Waals surface area contributed by atoms with E-state index >= 15 is 0 Å². The summed E-state index contributed by atoms with van der Waals surface area (Å²) in [4.78, 5) is 14.4. The molecule has 1 aromatic carbocycles. The largest absolute Gasteiger partial charge is 0.508 e. The number of ether oxygens (including phenoxy) is 1. The molecule has 1 saturated heterocycles. The number of carbonyl (C=O) groups is 1. The van der Waals surface area contributed by atoms with Crippen LogP contribution in [0.3, 0.4) is 0 Å². The Bertz CT molecular complexity index is 506. The summed E-state index contributed by atoms with van der Waals surface area (Å²) < 4.78 is 5.63. The number of phenols is 1. The molecule has 4 nitrogen and oxygen atoms in total. The number of phenolic OH excluding ortho intramolecular Hbond substituents is 1. The average Bonchev–Trinajstić information content (AvgIpc) is 2.85. The third-order valence-electron chi connectivity index (χ3n) is 4.16. The van der Waals surface area contributed by atoms with Crippen molar-refractivity contribution in [1.82, 2.24) is 4.90 Å². The Kier molecular flexibility index (Phi) is 2.97. The van der Waals surface area contributed by atoms with Crippen molar-refractivity contribution in [3.8, 4) is 5.75 Å². The van der Waals surface area contributed by atoms with Crippen LogP contribution in [0.25, 0.3) is 0 Å². The van der Waals surface area contributed by atoms with Crippen LogP contribution in [0.2, 0.25) is 0 Å². The second-order valence-corrected chi connectivity index (χ2v) is 5.61. The van der Waals surface area contributed by atoms with Gasteiger partial charge in [-0.1, -0.05) is 6.07 Å². The van der Waals surface area contributed by atoms with Crippen molar-refractivity contribution >= 4 is 5.91 Å². The highest BCUT2D eigenvalue weighted by Crippen LogP contribution is 2.30. The van der Waals surface area contributed by atoms with Crippen LogP contribution in [-0.2, 0) is 22.5 Å². The van der Waals surface area contributed by atoms with Gasteiger partial charge in [-0.3, -0.25) is 4.79 Å². The van der Waals surface area contributed by atoms with E-state index in [2.05, 4.69) is 0 Å². The topological polar surface area (TPSA) is 49.8 Å². The van der Waals surface area contributed by atoms with Crippen molar-refractivity contribution in [3.63, 3.8) is 0 Å². The van der Waals surface area contributed by atoms with Gasteiger partial charge in [0.2, 0.25) is 0 Å². The van der Waals surface area contributed by atoms with Crippen molar-refractivity contribution in [3.05, 3.63) is 29.3 Å².